The van der Waals surface area contributed by atoms with Crippen LogP contribution in [0.3, 0.4) is 0 Å². The van der Waals surface area contributed by atoms with Crippen molar-refractivity contribution in [2.24, 2.45) is 0 Å². The summed E-state index contributed by atoms with van der Waals surface area (Å²) in [6.07, 6.45) is 3.66. The van der Waals surface area contributed by atoms with Crippen LogP contribution in [0.4, 0.5) is 4.79 Å². The summed E-state index contributed by atoms with van der Waals surface area (Å²) in [5.41, 5.74) is 1.37. The van der Waals surface area contributed by atoms with E-state index in [2.05, 4.69) is 10.2 Å². The molecule has 0 atom stereocenters. The Hall–Kier alpha value is -2.51. The zero-order valence-corrected chi connectivity index (χ0v) is 12.7. The molecule has 8 nitrogen and oxygen atoms in total. The average Bonchev–Trinajstić information content (AvgIpc) is 2.52. The number of rotatable bonds is 3. The van der Waals surface area contributed by atoms with Gasteiger partial charge in [0.1, 0.15) is 5.54 Å². The smallest absolute Gasteiger partial charge is 0.425 e. The van der Waals surface area contributed by atoms with Gasteiger partial charge in [-0.2, -0.15) is 0 Å². The number of hydrogen-bond donors (Lipinski definition) is 1. The number of nitrogens with one attached hydrogen (secondary N) is 1. The minimum absolute atomic E-state index is 0.0608. The monoisotopic (exact) mass is 310 g/mol. The van der Waals surface area contributed by atoms with E-state index < -0.39 is 17.4 Å². The second-order valence-corrected chi connectivity index (χ2v) is 4.93. The van der Waals surface area contributed by atoms with Crippen LogP contribution in [0.2, 0.25) is 0 Å². The number of hydrogen-bond acceptors (Lipinski definition) is 6. The lowest BCUT2D eigenvalue weighted by Crippen LogP contribution is -2.61. The molecule has 1 aliphatic carbocycles. The Kier molecular flexibility index (Phi) is 4.39. The van der Waals surface area contributed by atoms with Gasteiger partial charge in [-0.1, -0.05) is 0 Å². The molecule has 0 bridgehead atoms. The zero-order chi connectivity index (χ0) is 16.3. The molecule has 0 aromatic rings. The van der Waals surface area contributed by atoms with Crippen LogP contribution in [0.5, 0.6) is 0 Å². The molecular formula is C14H18N2O6. The SMILES string of the molecule is COC(=O)NN1C(=O)CCCC12C=C(OC)C(=O)C(OC)=C2. The van der Waals surface area contributed by atoms with Crippen molar-refractivity contribution in [1.82, 2.24) is 10.4 Å². The first kappa shape index (κ1) is 15.9. The van der Waals surface area contributed by atoms with Crippen molar-refractivity contribution in [3.05, 3.63) is 23.7 Å². The summed E-state index contributed by atoms with van der Waals surface area (Å²) < 4.78 is 14.7. The van der Waals surface area contributed by atoms with Crippen molar-refractivity contribution in [1.29, 1.82) is 0 Å². The van der Waals surface area contributed by atoms with Gasteiger partial charge in [0.2, 0.25) is 5.91 Å². The number of hydrazine groups is 1. The third-order valence-electron chi connectivity index (χ3n) is 3.67. The van der Waals surface area contributed by atoms with E-state index in [1.54, 1.807) is 0 Å². The van der Waals surface area contributed by atoms with Gasteiger partial charge in [0.05, 0.1) is 21.3 Å². The average molecular weight is 310 g/mol. The predicted molar refractivity (Wildman–Crippen MR) is 74.2 cm³/mol. The largest absolute Gasteiger partial charge is 0.493 e. The maximum Gasteiger partial charge on any atom is 0.425 e. The molecule has 1 N–H and O–H groups in total. The van der Waals surface area contributed by atoms with Gasteiger partial charge in [0.15, 0.2) is 11.5 Å². The van der Waals surface area contributed by atoms with Gasteiger partial charge in [0.25, 0.3) is 5.78 Å². The lowest BCUT2D eigenvalue weighted by Gasteiger charge is -2.43. The van der Waals surface area contributed by atoms with Crippen LogP contribution in [-0.2, 0) is 23.8 Å². The fourth-order valence-corrected chi connectivity index (χ4v) is 2.61. The summed E-state index contributed by atoms with van der Waals surface area (Å²) in [4.78, 5) is 35.8. The van der Waals surface area contributed by atoms with Crippen molar-refractivity contribution in [3.8, 4) is 0 Å². The molecule has 1 spiro atoms. The van der Waals surface area contributed by atoms with Gasteiger partial charge in [-0.05, 0) is 25.0 Å². The van der Waals surface area contributed by atoms with Crippen LogP contribution < -0.4 is 5.43 Å². The summed E-state index contributed by atoms with van der Waals surface area (Å²) in [5, 5.41) is 1.16. The molecule has 22 heavy (non-hydrogen) atoms. The van der Waals surface area contributed by atoms with Crippen molar-refractivity contribution in [2.45, 2.75) is 24.8 Å². The first-order valence-electron chi connectivity index (χ1n) is 6.73. The van der Waals surface area contributed by atoms with Crippen LogP contribution in [-0.4, -0.2) is 49.7 Å². The van der Waals surface area contributed by atoms with E-state index in [1.807, 2.05) is 0 Å². The van der Waals surface area contributed by atoms with E-state index in [0.717, 1.165) is 5.01 Å². The van der Waals surface area contributed by atoms with Gasteiger partial charge in [-0.15, -0.1) is 0 Å². The van der Waals surface area contributed by atoms with Crippen molar-refractivity contribution < 1.29 is 28.6 Å². The highest BCUT2D eigenvalue weighted by atomic mass is 16.5. The fraction of sp³-hybridized carbons (Fsp3) is 0.500. The van der Waals surface area contributed by atoms with E-state index >= 15 is 0 Å². The number of piperidine rings is 1. The molecule has 2 amide bonds. The molecule has 0 saturated carbocycles. The highest BCUT2D eigenvalue weighted by molar-refractivity contribution is 6.07. The van der Waals surface area contributed by atoms with E-state index in [-0.39, 0.29) is 23.8 Å². The molecule has 0 unspecified atom stereocenters. The molecule has 1 heterocycles. The number of ether oxygens (including phenoxy) is 3. The first-order chi connectivity index (χ1) is 10.5. The van der Waals surface area contributed by atoms with Crippen LogP contribution in [0.25, 0.3) is 0 Å². The van der Waals surface area contributed by atoms with E-state index in [0.29, 0.717) is 12.8 Å². The molecule has 0 aromatic carbocycles. The normalized spacial score (nSPS) is 20.2. The fourth-order valence-electron chi connectivity index (χ4n) is 2.61. The van der Waals surface area contributed by atoms with E-state index in [4.69, 9.17) is 9.47 Å². The third-order valence-corrected chi connectivity index (χ3v) is 3.67. The highest BCUT2D eigenvalue weighted by Gasteiger charge is 2.45. The molecule has 8 heteroatoms. The molecular weight excluding hydrogens is 292 g/mol. The van der Waals surface area contributed by atoms with Crippen molar-refractivity contribution >= 4 is 17.8 Å². The number of amides is 2. The Labute approximate surface area is 127 Å². The Morgan fingerprint density at radius 1 is 1.18 bits per heavy atom. The summed E-state index contributed by atoms with van der Waals surface area (Å²) in [6.45, 7) is 0. The van der Waals surface area contributed by atoms with Gasteiger partial charge in [-0.3, -0.25) is 9.59 Å². The van der Waals surface area contributed by atoms with Gasteiger partial charge in [0, 0.05) is 6.42 Å². The minimum Gasteiger partial charge on any atom is -0.493 e. The Bertz CT molecular complexity index is 542. The first-order valence-corrected chi connectivity index (χ1v) is 6.73. The van der Waals surface area contributed by atoms with Crippen LogP contribution in [0, 0.1) is 0 Å². The lowest BCUT2D eigenvalue weighted by atomic mass is 9.83. The second-order valence-electron chi connectivity index (χ2n) is 4.93. The van der Waals surface area contributed by atoms with Crippen molar-refractivity contribution in [2.75, 3.05) is 21.3 Å². The van der Waals surface area contributed by atoms with Gasteiger partial charge in [-0.25, -0.2) is 15.2 Å². The highest BCUT2D eigenvalue weighted by Crippen LogP contribution is 2.36. The topological polar surface area (TPSA) is 94.2 Å². The van der Waals surface area contributed by atoms with E-state index in [1.165, 1.54) is 33.5 Å². The van der Waals surface area contributed by atoms with E-state index in [9.17, 15) is 14.4 Å². The quantitative estimate of drug-likeness (QED) is 0.822. The van der Waals surface area contributed by atoms with Gasteiger partial charge >= 0.3 is 6.09 Å². The summed E-state index contributed by atoms with van der Waals surface area (Å²) in [7, 11) is 3.92. The Morgan fingerprint density at radius 3 is 2.27 bits per heavy atom. The maximum atomic E-state index is 12.2. The summed E-state index contributed by atoms with van der Waals surface area (Å²) in [5.74, 6) is -0.576. The zero-order valence-electron chi connectivity index (χ0n) is 12.7. The molecule has 1 aliphatic heterocycles. The number of Topliss-reactive ketones (excluding diaryl/α,β-unsaturated/α-hetero) is 1. The molecule has 1 saturated heterocycles. The molecule has 2 rings (SSSR count). The Morgan fingerprint density at radius 2 is 1.77 bits per heavy atom. The molecule has 2 aliphatic rings. The standard InChI is InChI=1S/C14H18N2O6/c1-20-9-7-14(8-10(21-2)12(9)18)6-4-5-11(17)16(14)15-13(19)22-3/h7-8H,4-6H2,1-3H3,(H,15,19). The predicted octanol–water partition coefficient (Wildman–Crippen LogP) is 0.652. The summed E-state index contributed by atoms with van der Waals surface area (Å²) in [6, 6.07) is 0. The molecule has 120 valence electrons. The summed E-state index contributed by atoms with van der Waals surface area (Å²) >= 11 is 0. The second kappa shape index (κ2) is 6.08. The third kappa shape index (κ3) is 2.63. The maximum absolute atomic E-state index is 12.2. The number of ketones is 1. The lowest BCUT2D eigenvalue weighted by molar-refractivity contribution is -0.142. The number of methoxy groups -OCH3 is 3. The van der Waals surface area contributed by atoms with Crippen molar-refractivity contribution in [3.63, 3.8) is 0 Å². The molecule has 0 aromatic heterocycles. The number of carbonyl (C=O) groups excluding carboxylic acids is 3. The van der Waals surface area contributed by atoms with Crippen LogP contribution in [0.1, 0.15) is 19.3 Å². The minimum atomic E-state index is -1.02. The van der Waals surface area contributed by atoms with Gasteiger partial charge < -0.3 is 14.2 Å². The molecule has 1 fully saturated rings. The van der Waals surface area contributed by atoms with Crippen LogP contribution >= 0.6 is 0 Å². The number of nitrogens with zero attached hydrogens (tertiary/aromatic N) is 1. The van der Waals surface area contributed by atoms with Crippen LogP contribution in [0.15, 0.2) is 23.7 Å². The number of carbonyl (C=O) groups is 3. The molecule has 0 radical (unpaired) electrons. The Balaban J connectivity index is 2.48.